The van der Waals surface area contributed by atoms with E-state index in [2.05, 4.69) is 22.2 Å². The number of benzene rings is 1. The fourth-order valence-corrected chi connectivity index (χ4v) is 4.69. The Bertz CT molecular complexity index is 1150. The van der Waals surface area contributed by atoms with Crippen LogP contribution in [-0.2, 0) is 6.42 Å². The molecule has 5 nitrogen and oxygen atoms in total. The number of nitrogens with zero attached hydrogens (tertiary/aromatic N) is 2. The lowest BCUT2D eigenvalue weighted by atomic mass is 10.2. The molecule has 8 heteroatoms. The van der Waals surface area contributed by atoms with Gasteiger partial charge >= 0.3 is 0 Å². The molecule has 0 aliphatic carbocycles. The van der Waals surface area contributed by atoms with Crippen molar-refractivity contribution < 1.29 is 4.79 Å². The second kappa shape index (κ2) is 7.87. The predicted octanol–water partition coefficient (Wildman–Crippen LogP) is 5.86. The minimum Gasteiger partial charge on any atom is -0.397 e. The number of pyridine rings is 1. The van der Waals surface area contributed by atoms with Crippen molar-refractivity contribution in [2.45, 2.75) is 19.8 Å². The van der Waals surface area contributed by atoms with Gasteiger partial charge in [-0.3, -0.25) is 10.1 Å². The van der Waals surface area contributed by atoms with Crippen LogP contribution in [0.3, 0.4) is 0 Å². The van der Waals surface area contributed by atoms with Crippen molar-refractivity contribution in [3.05, 3.63) is 57.4 Å². The van der Waals surface area contributed by atoms with Crippen molar-refractivity contribution in [2.75, 3.05) is 11.1 Å². The molecule has 0 aliphatic heterocycles. The molecule has 0 unspecified atom stereocenters. The molecule has 0 spiro atoms. The van der Waals surface area contributed by atoms with E-state index >= 15 is 0 Å². The van der Waals surface area contributed by atoms with Crippen LogP contribution in [0.25, 0.3) is 21.5 Å². The first-order valence-electron chi connectivity index (χ1n) is 8.76. The van der Waals surface area contributed by atoms with Gasteiger partial charge in [-0.25, -0.2) is 9.97 Å². The van der Waals surface area contributed by atoms with Gasteiger partial charge in [0.15, 0.2) is 5.13 Å². The summed E-state index contributed by atoms with van der Waals surface area (Å²) in [5, 5.41) is 6.75. The van der Waals surface area contributed by atoms with Crippen molar-refractivity contribution in [1.29, 1.82) is 0 Å². The minimum atomic E-state index is -0.269. The number of anilines is 2. The highest BCUT2D eigenvalue weighted by Gasteiger charge is 2.19. The molecular formula is C20H17ClN4OS2. The third-order valence-electron chi connectivity index (χ3n) is 4.23. The second-order valence-corrected chi connectivity index (χ2v) is 8.54. The largest absolute Gasteiger partial charge is 0.397 e. The van der Waals surface area contributed by atoms with Crippen LogP contribution in [0.15, 0.2) is 41.8 Å². The highest BCUT2D eigenvalue weighted by atomic mass is 35.5. The number of hydrogen-bond acceptors (Lipinski definition) is 6. The number of thiophene rings is 1. The smallest absolute Gasteiger partial charge is 0.269 e. The maximum atomic E-state index is 12.7. The van der Waals surface area contributed by atoms with E-state index in [0.717, 1.165) is 40.0 Å². The molecule has 0 saturated carbocycles. The predicted molar refractivity (Wildman–Crippen MR) is 119 cm³/mol. The molecule has 0 fully saturated rings. The molecule has 0 bridgehead atoms. The zero-order chi connectivity index (χ0) is 19.7. The Hall–Kier alpha value is -2.48. The molecule has 1 amide bonds. The number of nitrogens with one attached hydrogen (secondary N) is 1. The van der Waals surface area contributed by atoms with Crippen molar-refractivity contribution in [3.63, 3.8) is 0 Å². The lowest BCUT2D eigenvalue weighted by molar-refractivity contribution is 0.103. The van der Waals surface area contributed by atoms with Gasteiger partial charge in [-0.05, 0) is 30.7 Å². The summed E-state index contributed by atoms with van der Waals surface area (Å²) in [4.78, 5) is 23.1. The van der Waals surface area contributed by atoms with Gasteiger partial charge in [0.05, 0.1) is 11.4 Å². The number of aryl methyl sites for hydroxylation is 1. The molecule has 0 radical (unpaired) electrons. The first-order valence-corrected chi connectivity index (χ1v) is 10.8. The van der Waals surface area contributed by atoms with E-state index in [9.17, 15) is 4.79 Å². The Kier molecular flexibility index (Phi) is 5.30. The summed E-state index contributed by atoms with van der Waals surface area (Å²) in [7, 11) is 0. The van der Waals surface area contributed by atoms with Gasteiger partial charge in [-0.1, -0.05) is 37.1 Å². The number of thiazole rings is 1. The van der Waals surface area contributed by atoms with E-state index in [0.29, 0.717) is 20.7 Å². The Morgan fingerprint density at radius 2 is 1.96 bits per heavy atom. The third-order valence-corrected chi connectivity index (χ3v) is 6.35. The van der Waals surface area contributed by atoms with Gasteiger partial charge in [0, 0.05) is 27.0 Å². The van der Waals surface area contributed by atoms with Crippen LogP contribution in [0.5, 0.6) is 0 Å². The Labute approximate surface area is 175 Å². The minimum absolute atomic E-state index is 0.269. The maximum Gasteiger partial charge on any atom is 0.269 e. The average Bonchev–Trinajstić information content (AvgIpc) is 3.27. The molecule has 4 rings (SSSR count). The van der Waals surface area contributed by atoms with E-state index in [1.54, 1.807) is 0 Å². The van der Waals surface area contributed by atoms with Crippen LogP contribution >= 0.6 is 34.3 Å². The Morgan fingerprint density at radius 3 is 2.71 bits per heavy atom. The highest BCUT2D eigenvalue weighted by Crippen LogP contribution is 2.34. The second-order valence-electron chi connectivity index (χ2n) is 6.25. The fourth-order valence-electron chi connectivity index (χ4n) is 2.84. The normalized spacial score (nSPS) is 11.1. The summed E-state index contributed by atoms with van der Waals surface area (Å²) in [6, 6.07) is 11.3. The van der Waals surface area contributed by atoms with Gasteiger partial charge in [-0.15, -0.1) is 22.7 Å². The molecule has 4 aromatic rings. The maximum absolute atomic E-state index is 12.7. The zero-order valence-electron chi connectivity index (χ0n) is 15.0. The van der Waals surface area contributed by atoms with E-state index in [1.165, 1.54) is 22.7 Å². The van der Waals surface area contributed by atoms with Gasteiger partial charge in [0.1, 0.15) is 9.71 Å². The highest BCUT2D eigenvalue weighted by molar-refractivity contribution is 7.21. The van der Waals surface area contributed by atoms with Gasteiger partial charge in [0.2, 0.25) is 0 Å². The van der Waals surface area contributed by atoms with Crippen LogP contribution in [0, 0.1) is 0 Å². The van der Waals surface area contributed by atoms with E-state index in [-0.39, 0.29) is 5.91 Å². The van der Waals surface area contributed by atoms with Crippen LogP contribution in [-0.4, -0.2) is 15.9 Å². The molecular weight excluding hydrogens is 412 g/mol. The first-order chi connectivity index (χ1) is 13.5. The molecule has 3 aromatic heterocycles. The summed E-state index contributed by atoms with van der Waals surface area (Å²) in [6.07, 6.45) is 1.93. The topological polar surface area (TPSA) is 80.9 Å². The zero-order valence-corrected chi connectivity index (χ0v) is 17.4. The van der Waals surface area contributed by atoms with Gasteiger partial charge in [-0.2, -0.15) is 0 Å². The van der Waals surface area contributed by atoms with Crippen molar-refractivity contribution >= 4 is 61.2 Å². The standard InChI is InChI=1S/C20H17ClN4OS2/c1-2-3-13-8-9-14-16(22)17(28-19(14)23-13)18(26)25-20-24-15(10-27-20)11-4-6-12(21)7-5-11/h4-10H,2-3,22H2,1H3,(H,24,25,26). The number of rotatable bonds is 5. The Morgan fingerprint density at radius 1 is 1.18 bits per heavy atom. The molecule has 1 aromatic carbocycles. The number of halogens is 1. The molecule has 3 heterocycles. The summed E-state index contributed by atoms with van der Waals surface area (Å²) in [6.45, 7) is 2.11. The van der Waals surface area contributed by atoms with E-state index in [1.807, 2.05) is 41.8 Å². The van der Waals surface area contributed by atoms with Crippen molar-refractivity contribution in [2.24, 2.45) is 0 Å². The molecule has 0 atom stereocenters. The number of nitrogen functional groups attached to an aromatic ring is 1. The summed E-state index contributed by atoms with van der Waals surface area (Å²) >= 11 is 8.60. The average molecular weight is 429 g/mol. The van der Waals surface area contributed by atoms with Crippen LogP contribution in [0.2, 0.25) is 5.02 Å². The van der Waals surface area contributed by atoms with Crippen LogP contribution in [0.4, 0.5) is 10.8 Å². The van der Waals surface area contributed by atoms with E-state index in [4.69, 9.17) is 17.3 Å². The molecule has 0 saturated heterocycles. The summed E-state index contributed by atoms with van der Waals surface area (Å²) in [5.41, 5.74) is 9.40. The third kappa shape index (κ3) is 3.73. The number of aromatic nitrogens is 2. The molecule has 3 N–H and O–H groups in total. The number of carbonyl (C=O) groups excluding carboxylic acids is 1. The lowest BCUT2D eigenvalue weighted by Crippen LogP contribution is -2.11. The van der Waals surface area contributed by atoms with Crippen LogP contribution < -0.4 is 11.1 Å². The summed E-state index contributed by atoms with van der Waals surface area (Å²) in [5.74, 6) is -0.269. The molecule has 0 aliphatic rings. The quantitative estimate of drug-likeness (QED) is 0.417. The molecule has 142 valence electrons. The number of amides is 1. The van der Waals surface area contributed by atoms with Gasteiger partial charge < -0.3 is 5.73 Å². The number of nitrogens with two attached hydrogens (primary N) is 1. The SMILES string of the molecule is CCCc1ccc2c(N)c(C(=O)Nc3nc(-c4ccc(Cl)cc4)cs3)sc2n1. The van der Waals surface area contributed by atoms with E-state index < -0.39 is 0 Å². The van der Waals surface area contributed by atoms with Crippen molar-refractivity contribution in [3.8, 4) is 11.3 Å². The lowest BCUT2D eigenvalue weighted by Gasteiger charge is -2.00. The van der Waals surface area contributed by atoms with Crippen molar-refractivity contribution in [1.82, 2.24) is 9.97 Å². The monoisotopic (exact) mass is 428 g/mol. The van der Waals surface area contributed by atoms with Gasteiger partial charge in [0.25, 0.3) is 5.91 Å². The van der Waals surface area contributed by atoms with Crippen LogP contribution in [0.1, 0.15) is 28.7 Å². The molecule has 28 heavy (non-hydrogen) atoms. The number of fused-ring (bicyclic) bond motifs is 1. The summed E-state index contributed by atoms with van der Waals surface area (Å²) < 4.78 is 0. The number of hydrogen-bond donors (Lipinski definition) is 2. The first kappa shape index (κ1) is 18.9. The number of carbonyl (C=O) groups is 1. The Balaban J connectivity index is 1.57. The fraction of sp³-hybridized carbons (Fsp3) is 0.150.